The van der Waals surface area contributed by atoms with Gasteiger partial charge in [0.15, 0.2) is 0 Å². The highest BCUT2D eigenvalue weighted by Crippen LogP contribution is 2.45. The van der Waals surface area contributed by atoms with Gasteiger partial charge in [0.2, 0.25) is 5.79 Å². The smallest absolute Gasteiger partial charge is 0.210 e. The number of rotatable bonds is 4. The van der Waals surface area contributed by atoms with E-state index in [1.165, 1.54) is 0 Å². The minimum atomic E-state index is -0.627. The molecule has 1 aliphatic rings. The lowest BCUT2D eigenvalue weighted by atomic mass is 10.0. The molecule has 100 valence electrons. The molecule has 1 aliphatic heterocycles. The Morgan fingerprint density at radius 2 is 2.06 bits per heavy atom. The number of aliphatic hydroxyl groups is 1. The number of halogens is 1. The number of ether oxygens (including phenoxy) is 2. The third-order valence-corrected chi connectivity index (χ3v) is 3.76. The number of fused-ring (bicyclic) bond motifs is 1. The molecule has 0 amide bonds. The first kappa shape index (κ1) is 13.7. The first-order valence-electron chi connectivity index (χ1n) is 6.42. The summed E-state index contributed by atoms with van der Waals surface area (Å²) in [6.45, 7) is 4.14. The van der Waals surface area contributed by atoms with Gasteiger partial charge in [0.1, 0.15) is 5.75 Å². The highest BCUT2D eigenvalue weighted by Gasteiger charge is 2.39. The zero-order chi connectivity index (χ0) is 13.2. The van der Waals surface area contributed by atoms with Crippen LogP contribution < -0.4 is 4.74 Å². The Hall–Kier alpha value is -0.770. The minimum Gasteiger partial charge on any atom is -0.460 e. The van der Waals surface area contributed by atoms with Crippen LogP contribution in [0.3, 0.4) is 0 Å². The van der Waals surface area contributed by atoms with E-state index < -0.39 is 5.79 Å². The molecule has 1 N–H and O–H groups in total. The van der Waals surface area contributed by atoms with Gasteiger partial charge in [-0.15, -0.1) is 0 Å². The van der Waals surface area contributed by atoms with Crippen LogP contribution in [0.15, 0.2) is 18.2 Å². The molecule has 0 aliphatic carbocycles. The Kier molecular flexibility index (Phi) is 4.15. The molecule has 0 saturated heterocycles. The molecule has 0 fully saturated rings. The predicted molar refractivity (Wildman–Crippen MR) is 70.9 cm³/mol. The highest BCUT2D eigenvalue weighted by molar-refractivity contribution is 6.32. The number of para-hydroxylation sites is 1. The van der Waals surface area contributed by atoms with Crippen LogP contribution in [0.5, 0.6) is 5.75 Å². The maximum Gasteiger partial charge on any atom is 0.210 e. The molecule has 4 heteroatoms. The highest BCUT2D eigenvalue weighted by atomic mass is 35.5. The van der Waals surface area contributed by atoms with Gasteiger partial charge in [-0.05, 0) is 6.07 Å². The van der Waals surface area contributed by atoms with Crippen molar-refractivity contribution in [2.45, 2.75) is 45.0 Å². The van der Waals surface area contributed by atoms with Crippen LogP contribution in [0.25, 0.3) is 0 Å². The average molecular weight is 271 g/mol. The molecular formula is C14H19ClO3. The van der Waals surface area contributed by atoms with Crippen molar-refractivity contribution in [1.82, 2.24) is 0 Å². The van der Waals surface area contributed by atoms with Gasteiger partial charge in [0, 0.05) is 31.4 Å². The summed E-state index contributed by atoms with van der Waals surface area (Å²) in [7, 11) is 0. The monoisotopic (exact) mass is 270 g/mol. The van der Waals surface area contributed by atoms with Gasteiger partial charge < -0.3 is 14.6 Å². The van der Waals surface area contributed by atoms with Crippen molar-refractivity contribution in [2.75, 3.05) is 6.61 Å². The average Bonchev–Trinajstić information content (AvgIpc) is 2.40. The molecule has 3 nitrogen and oxygen atoms in total. The lowest BCUT2D eigenvalue weighted by Gasteiger charge is -2.41. The topological polar surface area (TPSA) is 38.7 Å². The summed E-state index contributed by atoms with van der Waals surface area (Å²) >= 11 is 6.21. The number of hydrogen-bond donors (Lipinski definition) is 1. The van der Waals surface area contributed by atoms with Crippen LogP contribution in [0, 0.1) is 0 Å². The number of benzene rings is 1. The van der Waals surface area contributed by atoms with Crippen LogP contribution >= 0.6 is 11.6 Å². The summed E-state index contributed by atoms with van der Waals surface area (Å²) in [5, 5.41) is 9.78. The van der Waals surface area contributed by atoms with Crippen molar-refractivity contribution in [1.29, 1.82) is 0 Å². The second kappa shape index (κ2) is 5.47. The fourth-order valence-corrected chi connectivity index (χ4v) is 2.53. The molecule has 0 radical (unpaired) electrons. The summed E-state index contributed by atoms with van der Waals surface area (Å²) < 4.78 is 12.0. The van der Waals surface area contributed by atoms with E-state index in [4.69, 9.17) is 21.1 Å². The van der Waals surface area contributed by atoms with E-state index in [2.05, 4.69) is 0 Å². The molecule has 2 rings (SSSR count). The lowest BCUT2D eigenvalue weighted by Crippen LogP contribution is -2.42. The van der Waals surface area contributed by atoms with Gasteiger partial charge in [-0.2, -0.15) is 0 Å². The Morgan fingerprint density at radius 1 is 1.33 bits per heavy atom. The summed E-state index contributed by atoms with van der Waals surface area (Å²) in [4.78, 5) is 0. The molecular weight excluding hydrogens is 252 g/mol. The van der Waals surface area contributed by atoms with E-state index in [0.29, 0.717) is 17.2 Å². The Balaban J connectivity index is 2.43. The zero-order valence-electron chi connectivity index (χ0n) is 10.8. The van der Waals surface area contributed by atoms with E-state index in [-0.39, 0.29) is 12.7 Å². The molecule has 1 atom stereocenters. The molecule has 1 unspecified atom stereocenters. The second-order valence-corrected chi connectivity index (χ2v) is 4.90. The minimum absolute atomic E-state index is 0.0835. The van der Waals surface area contributed by atoms with Crippen LogP contribution in [-0.2, 0) is 4.74 Å². The van der Waals surface area contributed by atoms with Crippen molar-refractivity contribution in [3.05, 3.63) is 28.8 Å². The van der Waals surface area contributed by atoms with Crippen molar-refractivity contribution in [3.8, 4) is 5.75 Å². The van der Waals surface area contributed by atoms with E-state index in [0.717, 1.165) is 18.4 Å². The van der Waals surface area contributed by atoms with E-state index in [9.17, 15) is 5.11 Å². The summed E-state index contributed by atoms with van der Waals surface area (Å²) in [6.07, 6.45) is 1.89. The molecule has 1 aromatic carbocycles. The Morgan fingerprint density at radius 3 is 2.67 bits per heavy atom. The summed E-state index contributed by atoms with van der Waals surface area (Å²) in [5.41, 5.74) is 0.925. The normalized spacial score (nSPS) is 21.2. The fraction of sp³-hybridized carbons (Fsp3) is 0.571. The molecule has 0 saturated carbocycles. The van der Waals surface area contributed by atoms with Crippen molar-refractivity contribution in [2.24, 2.45) is 0 Å². The third kappa shape index (κ3) is 2.35. The quantitative estimate of drug-likeness (QED) is 0.907. The molecule has 0 aromatic heterocycles. The Labute approximate surface area is 113 Å². The van der Waals surface area contributed by atoms with Crippen LogP contribution in [0.1, 0.15) is 44.8 Å². The lowest BCUT2D eigenvalue weighted by molar-refractivity contribution is -0.235. The van der Waals surface area contributed by atoms with Gasteiger partial charge in [-0.3, -0.25) is 0 Å². The van der Waals surface area contributed by atoms with Gasteiger partial charge in [0.05, 0.1) is 11.1 Å². The van der Waals surface area contributed by atoms with E-state index >= 15 is 0 Å². The molecule has 0 bridgehead atoms. The first-order valence-corrected chi connectivity index (χ1v) is 6.79. The number of aliphatic hydroxyl groups excluding tert-OH is 1. The maximum absolute atomic E-state index is 9.18. The third-order valence-electron chi connectivity index (χ3n) is 3.46. The molecule has 18 heavy (non-hydrogen) atoms. The van der Waals surface area contributed by atoms with Crippen molar-refractivity contribution in [3.63, 3.8) is 0 Å². The predicted octanol–water partition coefficient (Wildman–Crippen LogP) is 3.69. The van der Waals surface area contributed by atoms with Crippen LogP contribution in [0.2, 0.25) is 5.02 Å². The second-order valence-electron chi connectivity index (χ2n) is 4.50. The van der Waals surface area contributed by atoms with E-state index in [1.807, 2.05) is 32.0 Å². The van der Waals surface area contributed by atoms with Gasteiger partial charge >= 0.3 is 0 Å². The van der Waals surface area contributed by atoms with Crippen LogP contribution in [0.4, 0.5) is 0 Å². The van der Waals surface area contributed by atoms with Gasteiger partial charge in [0.25, 0.3) is 0 Å². The van der Waals surface area contributed by atoms with Crippen molar-refractivity contribution >= 4 is 11.6 Å². The largest absolute Gasteiger partial charge is 0.460 e. The molecule has 0 spiro atoms. The zero-order valence-corrected chi connectivity index (χ0v) is 11.5. The van der Waals surface area contributed by atoms with Crippen molar-refractivity contribution < 1.29 is 14.6 Å². The number of hydrogen-bond acceptors (Lipinski definition) is 3. The first-order chi connectivity index (χ1) is 8.65. The summed E-state index contributed by atoms with van der Waals surface area (Å²) in [6, 6.07) is 5.64. The van der Waals surface area contributed by atoms with Gasteiger partial charge in [-0.25, -0.2) is 0 Å². The molecule has 1 heterocycles. The maximum atomic E-state index is 9.18. The summed E-state index contributed by atoms with van der Waals surface area (Å²) in [5.74, 6) is 0.0743. The van der Waals surface area contributed by atoms with E-state index in [1.54, 1.807) is 0 Å². The fourth-order valence-electron chi connectivity index (χ4n) is 2.31. The molecule has 1 aromatic rings. The SMILES string of the molecule is CCC1(CC)Oc2c(Cl)cccc2C(CCO)O1. The van der Waals surface area contributed by atoms with Gasteiger partial charge in [-0.1, -0.05) is 37.6 Å². The Bertz CT molecular complexity index is 416. The standard InChI is InChI=1S/C14H19ClO3/c1-3-14(4-2)17-12(8-9-16)10-6-5-7-11(15)13(10)18-14/h5-7,12,16H,3-4,8-9H2,1-2H3. The van der Waals surface area contributed by atoms with Crippen LogP contribution in [-0.4, -0.2) is 17.5 Å².